The summed E-state index contributed by atoms with van der Waals surface area (Å²) in [5.41, 5.74) is 1.06. The first-order valence-electron chi connectivity index (χ1n) is 8.53. The second-order valence-corrected chi connectivity index (χ2v) is 7.53. The largest absolute Gasteiger partial charge is 0.401 e. The van der Waals surface area contributed by atoms with Crippen LogP contribution in [0.2, 0.25) is 0 Å². The Morgan fingerprint density at radius 2 is 2.16 bits per heavy atom. The van der Waals surface area contributed by atoms with Gasteiger partial charge in [-0.3, -0.25) is 9.89 Å². The fourth-order valence-electron chi connectivity index (χ4n) is 2.77. The number of aromatic nitrogens is 1. The number of guanidine groups is 1. The first-order valence-corrected chi connectivity index (χ1v) is 9.35. The molecular weight excluding hydrogens is 351 g/mol. The number of hydrogen-bond acceptors (Lipinski definition) is 4. The van der Waals surface area contributed by atoms with E-state index in [2.05, 4.69) is 27.5 Å². The van der Waals surface area contributed by atoms with Gasteiger partial charge in [-0.25, -0.2) is 4.98 Å². The predicted octanol–water partition coefficient (Wildman–Crippen LogP) is 2.49. The Morgan fingerprint density at radius 3 is 2.76 bits per heavy atom. The molecular formula is C16H26F3N5S. The second-order valence-electron chi connectivity index (χ2n) is 6.24. The number of likely N-dealkylation sites (tertiary alicyclic amines) is 1. The van der Waals surface area contributed by atoms with Gasteiger partial charge in [0, 0.05) is 43.5 Å². The van der Waals surface area contributed by atoms with Gasteiger partial charge in [0.25, 0.3) is 0 Å². The third kappa shape index (κ3) is 6.81. The Bertz CT molecular complexity index is 565. The lowest BCUT2D eigenvalue weighted by Crippen LogP contribution is -2.45. The smallest absolute Gasteiger partial charge is 0.357 e. The van der Waals surface area contributed by atoms with Crippen molar-refractivity contribution in [1.82, 2.24) is 20.5 Å². The predicted molar refractivity (Wildman–Crippen MR) is 95.3 cm³/mol. The van der Waals surface area contributed by atoms with Crippen molar-refractivity contribution in [1.29, 1.82) is 0 Å². The number of aryl methyl sites for hydroxylation is 2. The van der Waals surface area contributed by atoms with Crippen LogP contribution < -0.4 is 10.6 Å². The van der Waals surface area contributed by atoms with Gasteiger partial charge in [-0.05, 0) is 27.2 Å². The van der Waals surface area contributed by atoms with Gasteiger partial charge in [0.15, 0.2) is 5.96 Å². The normalized spacial score (nSPS) is 19.4. The van der Waals surface area contributed by atoms with Gasteiger partial charge in [0.2, 0.25) is 0 Å². The van der Waals surface area contributed by atoms with Crippen molar-refractivity contribution in [2.24, 2.45) is 4.99 Å². The monoisotopic (exact) mass is 377 g/mol. The summed E-state index contributed by atoms with van der Waals surface area (Å²) in [6.07, 6.45) is -2.69. The maximum absolute atomic E-state index is 12.5. The Kier molecular flexibility index (Phi) is 7.06. The quantitative estimate of drug-likeness (QED) is 0.591. The van der Waals surface area contributed by atoms with Crippen LogP contribution in [0.3, 0.4) is 0 Å². The molecule has 1 unspecified atom stereocenters. The van der Waals surface area contributed by atoms with Crippen molar-refractivity contribution in [3.63, 3.8) is 0 Å². The van der Waals surface area contributed by atoms with E-state index in [1.165, 1.54) is 9.78 Å². The summed E-state index contributed by atoms with van der Waals surface area (Å²) in [5.74, 6) is 0.659. The minimum atomic E-state index is -4.14. The van der Waals surface area contributed by atoms with Crippen LogP contribution in [0.1, 0.15) is 28.9 Å². The van der Waals surface area contributed by atoms with Crippen LogP contribution in [0.15, 0.2) is 4.99 Å². The van der Waals surface area contributed by atoms with Gasteiger partial charge in [-0.2, -0.15) is 13.2 Å². The molecule has 2 heterocycles. The van der Waals surface area contributed by atoms with Crippen LogP contribution in [0.5, 0.6) is 0 Å². The highest BCUT2D eigenvalue weighted by Crippen LogP contribution is 2.20. The molecule has 1 aliphatic heterocycles. The molecule has 2 N–H and O–H groups in total. The SMILES string of the molecule is CCNC(=NCCc1nc(C)c(C)s1)NC1CCN(CC(F)(F)F)C1. The van der Waals surface area contributed by atoms with Crippen LogP contribution in [-0.4, -0.2) is 60.8 Å². The first kappa shape index (κ1) is 20.0. The van der Waals surface area contributed by atoms with Crippen molar-refractivity contribution >= 4 is 17.3 Å². The summed E-state index contributed by atoms with van der Waals surface area (Å²) < 4.78 is 37.4. The van der Waals surface area contributed by atoms with E-state index in [9.17, 15) is 13.2 Å². The number of thiazole rings is 1. The molecule has 0 bridgehead atoms. The molecule has 0 amide bonds. The molecule has 0 aliphatic carbocycles. The number of rotatable bonds is 6. The summed E-state index contributed by atoms with van der Waals surface area (Å²) in [6, 6.07) is -0.00972. The van der Waals surface area contributed by atoms with Gasteiger partial charge >= 0.3 is 6.18 Å². The van der Waals surface area contributed by atoms with Crippen LogP contribution in [0.4, 0.5) is 13.2 Å². The zero-order valence-electron chi connectivity index (χ0n) is 14.9. The molecule has 1 aromatic heterocycles. The molecule has 2 rings (SSSR count). The van der Waals surface area contributed by atoms with Crippen molar-refractivity contribution < 1.29 is 13.2 Å². The first-order chi connectivity index (χ1) is 11.8. The summed E-state index contributed by atoms with van der Waals surface area (Å²) >= 11 is 1.68. The van der Waals surface area contributed by atoms with Gasteiger partial charge in [-0.15, -0.1) is 11.3 Å². The lowest BCUT2D eigenvalue weighted by molar-refractivity contribution is -0.143. The molecule has 0 spiro atoms. The highest BCUT2D eigenvalue weighted by Gasteiger charge is 2.34. The minimum absolute atomic E-state index is 0.00972. The summed E-state index contributed by atoms with van der Waals surface area (Å²) in [6.45, 7) is 7.32. The molecule has 25 heavy (non-hydrogen) atoms. The van der Waals surface area contributed by atoms with E-state index in [4.69, 9.17) is 0 Å². The molecule has 0 aromatic carbocycles. The van der Waals surface area contributed by atoms with E-state index in [-0.39, 0.29) is 6.04 Å². The summed E-state index contributed by atoms with van der Waals surface area (Å²) in [4.78, 5) is 11.7. The Hall–Kier alpha value is -1.35. The average molecular weight is 377 g/mol. The van der Waals surface area contributed by atoms with Crippen molar-refractivity contribution in [2.45, 2.75) is 45.8 Å². The maximum Gasteiger partial charge on any atom is 0.401 e. The average Bonchev–Trinajstić information content (AvgIpc) is 3.04. The molecule has 0 saturated carbocycles. The number of nitrogens with zero attached hydrogens (tertiary/aromatic N) is 3. The fraction of sp³-hybridized carbons (Fsp3) is 0.750. The Balaban J connectivity index is 1.83. The Morgan fingerprint density at radius 1 is 1.40 bits per heavy atom. The standard InChI is InChI=1S/C16H26F3N5S/c1-4-20-15(21-7-5-14-22-11(2)12(3)25-14)23-13-6-8-24(9-13)10-16(17,18)19/h13H,4-10H2,1-3H3,(H2,20,21,23). The molecule has 0 radical (unpaired) electrons. The topological polar surface area (TPSA) is 52.6 Å². The van der Waals surface area contributed by atoms with E-state index < -0.39 is 12.7 Å². The van der Waals surface area contributed by atoms with Crippen molar-refractivity contribution in [2.75, 3.05) is 32.7 Å². The number of hydrogen-bond donors (Lipinski definition) is 2. The molecule has 9 heteroatoms. The highest BCUT2D eigenvalue weighted by molar-refractivity contribution is 7.11. The zero-order chi connectivity index (χ0) is 18.4. The minimum Gasteiger partial charge on any atom is -0.357 e. The molecule has 5 nitrogen and oxygen atoms in total. The van der Waals surface area contributed by atoms with Crippen molar-refractivity contribution in [3.05, 3.63) is 15.6 Å². The van der Waals surface area contributed by atoms with E-state index in [0.717, 1.165) is 17.1 Å². The third-order valence-corrected chi connectivity index (χ3v) is 5.16. The molecule has 1 atom stereocenters. The maximum atomic E-state index is 12.5. The van der Waals surface area contributed by atoms with Crippen LogP contribution >= 0.6 is 11.3 Å². The van der Waals surface area contributed by atoms with Gasteiger partial charge < -0.3 is 10.6 Å². The van der Waals surface area contributed by atoms with Gasteiger partial charge in [0.05, 0.1) is 17.2 Å². The van der Waals surface area contributed by atoms with Crippen LogP contribution in [-0.2, 0) is 6.42 Å². The number of alkyl halides is 3. The lowest BCUT2D eigenvalue weighted by atomic mass is 10.3. The number of aliphatic imine (C=N–C) groups is 1. The van der Waals surface area contributed by atoms with Crippen molar-refractivity contribution in [3.8, 4) is 0 Å². The lowest BCUT2D eigenvalue weighted by Gasteiger charge is -2.19. The van der Waals surface area contributed by atoms with E-state index >= 15 is 0 Å². The van der Waals surface area contributed by atoms with E-state index in [1.54, 1.807) is 11.3 Å². The molecule has 1 aliphatic rings. The van der Waals surface area contributed by atoms with Gasteiger partial charge in [-0.1, -0.05) is 0 Å². The molecule has 1 fully saturated rings. The molecule has 1 saturated heterocycles. The second kappa shape index (κ2) is 8.84. The third-order valence-electron chi connectivity index (χ3n) is 4.03. The zero-order valence-corrected chi connectivity index (χ0v) is 15.7. The fourth-order valence-corrected chi connectivity index (χ4v) is 3.69. The number of nitrogens with one attached hydrogen (secondary N) is 2. The summed E-state index contributed by atoms with van der Waals surface area (Å²) in [7, 11) is 0. The summed E-state index contributed by atoms with van der Waals surface area (Å²) in [5, 5.41) is 7.47. The van der Waals surface area contributed by atoms with Crippen LogP contribution in [0, 0.1) is 13.8 Å². The van der Waals surface area contributed by atoms with Gasteiger partial charge in [0.1, 0.15) is 0 Å². The van der Waals surface area contributed by atoms with E-state index in [0.29, 0.717) is 38.6 Å². The molecule has 142 valence electrons. The molecule has 1 aromatic rings. The number of halogens is 3. The highest BCUT2D eigenvalue weighted by atomic mass is 32.1. The van der Waals surface area contributed by atoms with E-state index in [1.807, 2.05) is 13.8 Å². The van der Waals surface area contributed by atoms with Crippen LogP contribution in [0.25, 0.3) is 0 Å². The Labute approximate surface area is 150 Å².